The van der Waals surface area contributed by atoms with Gasteiger partial charge in [0.25, 0.3) is 5.91 Å². The zero-order valence-electron chi connectivity index (χ0n) is 15.6. The molecule has 2 heterocycles. The Kier molecular flexibility index (Phi) is 7.02. The molecule has 0 saturated carbocycles. The molecule has 8 heteroatoms. The topological polar surface area (TPSA) is 45.2 Å². The molecule has 0 spiro atoms. The first-order valence-corrected chi connectivity index (χ1v) is 12.7. The highest BCUT2D eigenvalue weighted by atomic mass is 35.5. The van der Waals surface area contributed by atoms with Gasteiger partial charge in [0, 0.05) is 46.3 Å². The second kappa shape index (κ2) is 9.89. The number of nitrogens with one attached hydrogen (secondary N) is 1. The van der Waals surface area contributed by atoms with E-state index in [2.05, 4.69) is 15.2 Å². The SMILES string of the molecule is O=C(Nc1ccc(N2CCSCC2)c(Cl)c1)c1ccccc1SCc1cscn1. The molecule has 150 valence electrons. The largest absolute Gasteiger partial charge is 0.369 e. The number of rotatable bonds is 6. The predicted octanol–water partition coefficient (Wildman–Crippen LogP) is 5.89. The molecule has 2 aromatic carbocycles. The number of carbonyl (C=O) groups is 1. The lowest BCUT2D eigenvalue weighted by atomic mass is 10.2. The van der Waals surface area contributed by atoms with Gasteiger partial charge in [-0.15, -0.1) is 23.1 Å². The van der Waals surface area contributed by atoms with Crippen LogP contribution in [0.3, 0.4) is 0 Å². The van der Waals surface area contributed by atoms with Crippen molar-refractivity contribution in [2.75, 3.05) is 34.8 Å². The number of aromatic nitrogens is 1. The van der Waals surface area contributed by atoms with Crippen LogP contribution in [-0.4, -0.2) is 35.5 Å². The van der Waals surface area contributed by atoms with Crippen LogP contribution in [0.2, 0.25) is 5.02 Å². The maximum atomic E-state index is 12.9. The van der Waals surface area contributed by atoms with E-state index in [1.54, 1.807) is 23.1 Å². The number of nitrogens with zero attached hydrogens (tertiary/aromatic N) is 2. The summed E-state index contributed by atoms with van der Waals surface area (Å²) in [6, 6.07) is 13.4. The average molecular weight is 462 g/mol. The minimum atomic E-state index is -0.135. The van der Waals surface area contributed by atoms with Crippen molar-refractivity contribution in [3.05, 3.63) is 69.6 Å². The van der Waals surface area contributed by atoms with E-state index in [9.17, 15) is 4.79 Å². The Morgan fingerprint density at radius 3 is 2.79 bits per heavy atom. The quantitative estimate of drug-likeness (QED) is 0.463. The molecule has 3 aromatic rings. The van der Waals surface area contributed by atoms with Gasteiger partial charge in [-0.3, -0.25) is 4.79 Å². The summed E-state index contributed by atoms with van der Waals surface area (Å²) >= 11 is 11.7. The smallest absolute Gasteiger partial charge is 0.256 e. The number of halogens is 1. The summed E-state index contributed by atoms with van der Waals surface area (Å²) in [5.74, 6) is 2.83. The monoisotopic (exact) mass is 461 g/mol. The molecule has 1 fully saturated rings. The summed E-state index contributed by atoms with van der Waals surface area (Å²) < 4.78 is 0. The Balaban J connectivity index is 1.46. The third kappa shape index (κ3) is 5.28. The summed E-state index contributed by atoms with van der Waals surface area (Å²) in [6.07, 6.45) is 0. The lowest BCUT2D eigenvalue weighted by Crippen LogP contribution is -2.32. The van der Waals surface area contributed by atoms with Crippen LogP contribution in [0.4, 0.5) is 11.4 Å². The Morgan fingerprint density at radius 1 is 1.21 bits per heavy atom. The number of amides is 1. The van der Waals surface area contributed by atoms with Crippen LogP contribution < -0.4 is 10.2 Å². The van der Waals surface area contributed by atoms with E-state index in [0.717, 1.165) is 46.6 Å². The fourth-order valence-corrected chi connectivity index (χ4v) is 5.90. The lowest BCUT2D eigenvalue weighted by Gasteiger charge is -2.29. The number of thiazole rings is 1. The van der Waals surface area contributed by atoms with E-state index in [1.165, 1.54) is 0 Å². The molecule has 1 amide bonds. The van der Waals surface area contributed by atoms with E-state index in [4.69, 9.17) is 11.6 Å². The van der Waals surface area contributed by atoms with Crippen LogP contribution in [0.1, 0.15) is 16.1 Å². The Labute approximate surface area is 188 Å². The van der Waals surface area contributed by atoms with Gasteiger partial charge in [0.1, 0.15) is 0 Å². The van der Waals surface area contributed by atoms with Gasteiger partial charge in [0.15, 0.2) is 0 Å². The normalized spacial score (nSPS) is 14.0. The van der Waals surface area contributed by atoms with E-state index in [1.807, 2.05) is 65.1 Å². The Morgan fingerprint density at radius 2 is 2.03 bits per heavy atom. The van der Waals surface area contributed by atoms with E-state index >= 15 is 0 Å². The fraction of sp³-hybridized carbons (Fsp3) is 0.238. The van der Waals surface area contributed by atoms with Crippen molar-refractivity contribution in [3.8, 4) is 0 Å². The van der Waals surface area contributed by atoms with Crippen LogP contribution >= 0.6 is 46.5 Å². The highest BCUT2D eigenvalue weighted by molar-refractivity contribution is 7.99. The van der Waals surface area contributed by atoms with Crippen molar-refractivity contribution in [2.24, 2.45) is 0 Å². The zero-order chi connectivity index (χ0) is 20.1. The number of hydrogen-bond donors (Lipinski definition) is 1. The average Bonchev–Trinajstić information content (AvgIpc) is 3.27. The van der Waals surface area contributed by atoms with E-state index in [0.29, 0.717) is 16.3 Å². The molecule has 0 atom stereocenters. The molecule has 4 nitrogen and oxygen atoms in total. The zero-order valence-corrected chi connectivity index (χ0v) is 18.8. The van der Waals surface area contributed by atoms with Crippen LogP contribution in [0, 0.1) is 0 Å². The highest BCUT2D eigenvalue weighted by Crippen LogP contribution is 2.31. The summed E-state index contributed by atoms with van der Waals surface area (Å²) in [6.45, 7) is 2.00. The second-order valence-electron chi connectivity index (χ2n) is 6.48. The molecule has 0 aliphatic carbocycles. The van der Waals surface area contributed by atoms with Gasteiger partial charge in [-0.2, -0.15) is 11.8 Å². The molecule has 0 unspecified atom stereocenters. The second-order valence-corrected chi connectivity index (χ2v) is 9.85. The molecule has 1 N–H and O–H groups in total. The molecule has 1 aromatic heterocycles. The minimum Gasteiger partial charge on any atom is -0.369 e. The number of carbonyl (C=O) groups excluding carboxylic acids is 1. The Bertz CT molecular complexity index is 975. The van der Waals surface area contributed by atoms with Gasteiger partial charge in [0.2, 0.25) is 0 Å². The number of thioether (sulfide) groups is 2. The van der Waals surface area contributed by atoms with Gasteiger partial charge in [-0.1, -0.05) is 23.7 Å². The summed E-state index contributed by atoms with van der Waals surface area (Å²) in [5, 5.41) is 5.69. The molecular weight excluding hydrogens is 442 g/mol. The highest BCUT2D eigenvalue weighted by Gasteiger charge is 2.16. The van der Waals surface area contributed by atoms with E-state index < -0.39 is 0 Å². The van der Waals surface area contributed by atoms with Gasteiger partial charge >= 0.3 is 0 Å². The van der Waals surface area contributed by atoms with Crippen molar-refractivity contribution in [1.82, 2.24) is 4.98 Å². The number of hydrogen-bond acceptors (Lipinski definition) is 6. The van der Waals surface area contributed by atoms with Crippen molar-refractivity contribution >= 4 is 63.7 Å². The minimum absolute atomic E-state index is 0.135. The molecule has 1 aliphatic rings. The van der Waals surface area contributed by atoms with Gasteiger partial charge in [-0.25, -0.2) is 4.98 Å². The molecular formula is C21H20ClN3OS3. The summed E-state index contributed by atoms with van der Waals surface area (Å²) in [4.78, 5) is 20.4. The summed E-state index contributed by atoms with van der Waals surface area (Å²) in [5.41, 5.74) is 5.23. The third-order valence-corrected chi connectivity index (χ3v) is 7.54. The Hall–Kier alpha value is -1.67. The first-order chi connectivity index (χ1) is 14.2. The van der Waals surface area contributed by atoms with Crippen molar-refractivity contribution in [3.63, 3.8) is 0 Å². The molecule has 1 aliphatic heterocycles. The lowest BCUT2D eigenvalue weighted by molar-refractivity contribution is 0.102. The van der Waals surface area contributed by atoms with Gasteiger partial charge in [-0.05, 0) is 30.3 Å². The summed E-state index contributed by atoms with van der Waals surface area (Å²) in [7, 11) is 0. The van der Waals surface area contributed by atoms with Crippen LogP contribution in [0.5, 0.6) is 0 Å². The maximum Gasteiger partial charge on any atom is 0.256 e. The van der Waals surface area contributed by atoms with Crippen LogP contribution in [0.15, 0.2) is 58.3 Å². The molecule has 0 bridgehead atoms. The maximum absolute atomic E-state index is 12.9. The standard InChI is InChI=1S/C21H20ClN3OS3/c22-18-11-15(5-6-19(18)25-7-9-27-10-8-25)24-21(26)17-3-1-2-4-20(17)29-13-16-12-28-14-23-16/h1-6,11-12,14H,7-10,13H2,(H,24,26). The molecule has 0 radical (unpaired) electrons. The molecule has 29 heavy (non-hydrogen) atoms. The fourth-order valence-electron chi connectivity index (χ4n) is 3.08. The van der Waals surface area contributed by atoms with Crippen molar-refractivity contribution in [2.45, 2.75) is 10.6 Å². The van der Waals surface area contributed by atoms with Crippen molar-refractivity contribution < 1.29 is 4.79 Å². The molecule has 4 rings (SSSR count). The van der Waals surface area contributed by atoms with Crippen LogP contribution in [-0.2, 0) is 5.75 Å². The predicted molar refractivity (Wildman–Crippen MR) is 127 cm³/mol. The van der Waals surface area contributed by atoms with Gasteiger partial charge in [0.05, 0.1) is 27.5 Å². The van der Waals surface area contributed by atoms with Gasteiger partial charge < -0.3 is 10.2 Å². The van der Waals surface area contributed by atoms with E-state index in [-0.39, 0.29) is 5.91 Å². The number of anilines is 2. The molecule has 1 saturated heterocycles. The van der Waals surface area contributed by atoms with Crippen molar-refractivity contribution in [1.29, 1.82) is 0 Å². The number of benzene rings is 2. The first kappa shape index (κ1) is 20.6. The first-order valence-electron chi connectivity index (χ1n) is 9.23. The third-order valence-electron chi connectivity index (χ3n) is 4.55. The van der Waals surface area contributed by atoms with Crippen LogP contribution in [0.25, 0.3) is 0 Å².